The molecule has 0 N–H and O–H groups in total. The van der Waals surface area contributed by atoms with Crippen LogP contribution in [0.25, 0.3) is 22.0 Å². The van der Waals surface area contributed by atoms with Crippen LogP contribution in [0.1, 0.15) is 0 Å². The van der Waals surface area contributed by atoms with Gasteiger partial charge in [0.15, 0.2) is 0 Å². The molecule has 4 heteroatoms. The second kappa shape index (κ2) is 4.89. The highest BCUT2D eigenvalue weighted by molar-refractivity contribution is 5.95. The number of pyridine rings is 1. The van der Waals surface area contributed by atoms with E-state index in [2.05, 4.69) is 4.98 Å². The van der Waals surface area contributed by atoms with Gasteiger partial charge in [-0.05, 0) is 42.5 Å². The Morgan fingerprint density at radius 2 is 1.85 bits per heavy atom. The van der Waals surface area contributed by atoms with Crippen LogP contribution in [0.2, 0.25) is 0 Å². The van der Waals surface area contributed by atoms with Crippen molar-refractivity contribution in [2.45, 2.75) is 0 Å². The first kappa shape index (κ1) is 12.5. The SMILES string of the molecule is COc1ccc(F)cc1-c1ccc(F)c2cccnc12. The summed E-state index contributed by atoms with van der Waals surface area (Å²) in [5.74, 6) is -0.216. The van der Waals surface area contributed by atoms with Gasteiger partial charge in [-0.3, -0.25) is 4.98 Å². The number of hydrogen-bond donors (Lipinski definition) is 0. The van der Waals surface area contributed by atoms with Gasteiger partial charge in [-0.15, -0.1) is 0 Å². The molecule has 0 aliphatic carbocycles. The molecule has 0 saturated carbocycles. The average molecular weight is 271 g/mol. The maximum Gasteiger partial charge on any atom is 0.132 e. The standard InChI is InChI=1S/C16H11F2NO/c1-20-15-7-4-10(17)9-13(15)11-5-6-14(18)12-3-2-8-19-16(11)12/h2-9H,1H3. The van der Waals surface area contributed by atoms with Crippen LogP contribution in [-0.4, -0.2) is 12.1 Å². The number of benzene rings is 2. The Labute approximate surface area is 114 Å². The molecule has 0 aliphatic heterocycles. The summed E-state index contributed by atoms with van der Waals surface area (Å²) in [4.78, 5) is 4.21. The van der Waals surface area contributed by atoms with E-state index in [9.17, 15) is 8.78 Å². The van der Waals surface area contributed by atoms with Gasteiger partial charge in [0.25, 0.3) is 0 Å². The number of aromatic nitrogens is 1. The van der Waals surface area contributed by atoms with Crippen molar-refractivity contribution in [2.24, 2.45) is 0 Å². The molecule has 1 aromatic heterocycles. The van der Waals surface area contributed by atoms with Crippen molar-refractivity contribution in [3.05, 3.63) is 60.3 Å². The minimum atomic E-state index is -0.380. The smallest absolute Gasteiger partial charge is 0.132 e. The molecule has 2 nitrogen and oxygen atoms in total. The molecule has 2 aromatic carbocycles. The Morgan fingerprint density at radius 1 is 1.00 bits per heavy atom. The second-order valence-corrected chi connectivity index (χ2v) is 4.34. The van der Waals surface area contributed by atoms with Crippen molar-refractivity contribution in [2.75, 3.05) is 7.11 Å². The van der Waals surface area contributed by atoms with Crippen LogP contribution in [0.4, 0.5) is 8.78 Å². The maximum atomic E-state index is 13.8. The second-order valence-electron chi connectivity index (χ2n) is 4.34. The van der Waals surface area contributed by atoms with E-state index in [4.69, 9.17) is 4.74 Å². The third-order valence-electron chi connectivity index (χ3n) is 3.17. The van der Waals surface area contributed by atoms with Gasteiger partial charge >= 0.3 is 0 Å². The molecule has 0 bridgehead atoms. The third kappa shape index (κ3) is 1.99. The lowest BCUT2D eigenvalue weighted by Crippen LogP contribution is -1.92. The lowest BCUT2D eigenvalue weighted by Gasteiger charge is -2.11. The van der Waals surface area contributed by atoms with Gasteiger partial charge in [0.05, 0.1) is 12.6 Å². The monoisotopic (exact) mass is 271 g/mol. The van der Waals surface area contributed by atoms with Crippen LogP contribution in [0.3, 0.4) is 0 Å². The molecule has 1 heterocycles. The Morgan fingerprint density at radius 3 is 2.65 bits per heavy atom. The van der Waals surface area contributed by atoms with Crippen molar-refractivity contribution in [3.63, 3.8) is 0 Å². The Bertz CT molecular complexity index is 787. The molecule has 100 valence electrons. The summed E-state index contributed by atoms with van der Waals surface area (Å²) in [5, 5.41) is 0.399. The summed E-state index contributed by atoms with van der Waals surface area (Å²) in [7, 11) is 1.51. The molecule has 0 saturated heterocycles. The Balaban J connectivity index is 2.36. The van der Waals surface area contributed by atoms with Crippen molar-refractivity contribution >= 4 is 10.9 Å². The summed E-state index contributed by atoms with van der Waals surface area (Å²) < 4.78 is 32.5. The molecule has 0 fully saturated rings. The third-order valence-corrected chi connectivity index (χ3v) is 3.17. The first-order valence-electron chi connectivity index (χ1n) is 6.08. The summed E-state index contributed by atoms with van der Waals surface area (Å²) >= 11 is 0. The minimum Gasteiger partial charge on any atom is -0.496 e. The van der Waals surface area contributed by atoms with E-state index < -0.39 is 0 Å². The highest BCUT2D eigenvalue weighted by atomic mass is 19.1. The van der Waals surface area contributed by atoms with Crippen LogP contribution in [-0.2, 0) is 0 Å². The average Bonchev–Trinajstić information content (AvgIpc) is 2.48. The van der Waals surface area contributed by atoms with Gasteiger partial charge in [0.2, 0.25) is 0 Å². The van der Waals surface area contributed by atoms with Crippen molar-refractivity contribution < 1.29 is 13.5 Å². The summed E-state index contributed by atoms with van der Waals surface area (Å²) in [6, 6.07) is 10.5. The molecule has 0 atom stereocenters. The van der Waals surface area contributed by atoms with Gasteiger partial charge in [-0.1, -0.05) is 0 Å². The fraction of sp³-hybridized carbons (Fsp3) is 0.0625. The zero-order chi connectivity index (χ0) is 14.1. The highest BCUT2D eigenvalue weighted by Crippen LogP contribution is 2.35. The predicted octanol–water partition coefficient (Wildman–Crippen LogP) is 4.19. The van der Waals surface area contributed by atoms with Crippen LogP contribution < -0.4 is 4.74 Å². The lowest BCUT2D eigenvalue weighted by atomic mass is 10.0. The Kier molecular flexibility index (Phi) is 3.06. The summed E-state index contributed by atoms with van der Waals surface area (Å²) in [5.41, 5.74) is 1.67. The fourth-order valence-corrected chi connectivity index (χ4v) is 2.25. The number of hydrogen-bond acceptors (Lipinski definition) is 2. The van der Waals surface area contributed by atoms with Crippen LogP contribution in [0.15, 0.2) is 48.7 Å². The number of methoxy groups -OCH3 is 1. The van der Waals surface area contributed by atoms with E-state index in [1.807, 2.05) is 0 Å². The molecular weight excluding hydrogens is 260 g/mol. The normalized spacial score (nSPS) is 10.8. The van der Waals surface area contributed by atoms with Gasteiger partial charge < -0.3 is 4.74 Å². The van der Waals surface area contributed by atoms with E-state index in [0.717, 1.165) is 0 Å². The fourth-order valence-electron chi connectivity index (χ4n) is 2.25. The van der Waals surface area contributed by atoms with E-state index in [-0.39, 0.29) is 11.6 Å². The van der Waals surface area contributed by atoms with Crippen LogP contribution in [0.5, 0.6) is 5.75 Å². The molecule has 0 unspecified atom stereocenters. The molecule has 0 aliphatic rings. The van der Waals surface area contributed by atoms with Gasteiger partial charge in [0.1, 0.15) is 17.4 Å². The molecule has 0 radical (unpaired) electrons. The molecule has 20 heavy (non-hydrogen) atoms. The zero-order valence-corrected chi connectivity index (χ0v) is 10.7. The van der Waals surface area contributed by atoms with Crippen molar-refractivity contribution in [1.82, 2.24) is 4.98 Å². The number of halogens is 2. The molecule has 3 rings (SSSR count). The number of fused-ring (bicyclic) bond motifs is 1. The largest absolute Gasteiger partial charge is 0.496 e. The molecule has 0 spiro atoms. The highest BCUT2D eigenvalue weighted by Gasteiger charge is 2.13. The lowest BCUT2D eigenvalue weighted by molar-refractivity contribution is 0.415. The van der Waals surface area contributed by atoms with E-state index >= 15 is 0 Å². The van der Waals surface area contributed by atoms with Gasteiger partial charge in [-0.25, -0.2) is 8.78 Å². The van der Waals surface area contributed by atoms with E-state index in [0.29, 0.717) is 27.8 Å². The Hall–Kier alpha value is -2.49. The molecular formula is C16H11F2NO. The predicted molar refractivity (Wildman–Crippen MR) is 73.6 cm³/mol. The molecule has 3 aromatic rings. The zero-order valence-electron chi connectivity index (χ0n) is 10.7. The minimum absolute atomic E-state index is 0.354. The summed E-state index contributed by atoms with van der Waals surface area (Å²) in [6.07, 6.45) is 1.58. The maximum absolute atomic E-state index is 13.8. The van der Waals surface area contributed by atoms with Gasteiger partial charge in [-0.2, -0.15) is 0 Å². The number of nitrogens with zero attached hydrogens (tertiary/aromatic N) is 1. The first-order valence-corrected chi connectivity index (χ1v) is 6.08. The summed E-state index contributed by atoms with van der Waals surface area (Å²) in [6.45, 7) is 0. The van der Waals surface area contributed by atoms with Crippen molar-refractivity contribution in [1.29, 1.82) is 0 Å². The van der Waals surface area contributed by atoms with Gasteiger partial charge in [0, 0.05) is 22.7 Å². The van der Waals surface area contributed by atoms with E-state index in [1.165, 1.54) is 25.3 Å². The van der Waals surface area contributed by atoms with Crippen molar-refractivity contribution in [3.8, 4) is 16.9 Å². The topological polar surface area (TPSA) is 22.1 Å². The van der Waals surface area contributed by atoms with Crippen LogP contribution >= 0.6 is 0 Å². The quantitative estimate of drug-likeness (QED) is 0.697. The number of rotatable bonds is 2. The van der Waals surface area contributed by atoms with E-state index in [1.54, 1.807) is 30.5 Å². The van der Waals surface area contributed by atoms with Crippen LogP contribution in [0, 0.1) is 11.6 Å². The molecule has 0 amide bonds. The number of ether oxygens (including phenoxy) is 1. The first-order chi connectivity index (χ1) is 9.70.